The molecule has 0 saturated carbocycles. The average molecular weight is 283 g/mol. The van der Waals surface area contributed by atoms with Crippen molar-refractivity contribution in [2.45, 2.75) is 24.7 Å². The van der Waals surface area contributed by atoms with Gasteiger partial charge in [0.2, 0.25) is 5.09 Å². The van der Waals surface area contributed by atoms with E-state index in [1.807, 2.05) is 4.57 Å². The maximum Gasteiger partial charge on any atom is 0.276 e. The predicted octanol–water partition coefficient (Wildman–Crippen LogP) is -0.466. The van der Waals surface area contributed by atoms with Gasteiger partial charge in [0, 0.05) is 13.1 Å². The second kappa shape index (κ2) is 4.44. The summed E-state index contributed by atoms with van der Waals surface area (Å²) in [7, 11) is -3.64. The highest BCUT2D eigenvalue weighted by atomic mass is 32.2. The highest BCUT2D eigenvalue weighted by Gasteiger charge is 2.31. The van der Waals surface area contributed by atoms with E-state index < -0.39 is 10.0 Å². The summed E-state index contributed by atoms with van der Waals surface area (Å²) in [5.41, 5.74) is 5.41. The number of sulfonamides is 1. The molecule has 9 heteroatoms. The fraction of sp³-hybridized carbons (Fsp3) is 0.400. The van der Waals surface area contributed by atoms with Crippen molar-refractivity contribution in [3.05, 3.63) is 30.0 Å². The van der Waals surface area contributed by atoms with Crippen LogP contribution in [0.1, 0.15) is 11.6 Å². The molecule has 2 aromatic heterocycles. The molecule has 2 aromatic rings. The summed E-state index contributed by atoms with van der Waals surface area (Å²) in [6.45, 7) is 1.27. The molecule has 0 atom stereocenters. The molecule has 1 aliphatic heterocycles. The topological polar surface area (TPSA) is 107 Å². The minimum Gasteiger partial charge on any atom is -0.447 e. The summed E-state index contributed by atoms with van der Waals surface area (Å²) in [4.78, 5) is 0. The third-order valence-corrected chi connectivity index (χ3v) is 4.76. The van der Waals surface area contributed by atoms with Gasteiger partial charge in [-0.1, -0.05) is 0 Å². The second-order valence-electron chi connectivity index (χ2n) is 4.20. The van der Waals surface area contributed by atoms with E-state index in [9.17, 15) is 8.42 Å². The summed E-state index contributed by atoms with van der Waals surface area (Å²) >= 11 is 0. The Hall–Kier alpha value is -1.71. The highest BCUT2D eigenvalue weighted by molar-refractivity contribution is 7.89. The van der Waals surface area contributed by atoms with Crippen LogP contribution in [0.25, 0.3) is 0 Å². The van der Waals surface area contributed by atoms with Crippen LogP contribution < -0.4 is 5.73 Å². The van der Waals surface area contributed by atoms with Crippen LogP contribution in [0.5, 0.6) is 0 Å². The zero-order valence-corrected chi connectivity index (χ0v) is 10.9. The van der Waals surface area contributed by atoms with Gasteiger partial charge < -0.3 is 14.7 Å². The fourth-order valence-corrected chi connectivity index (χ4v) is 3.30. The summed E-state index contributed by atoms with van der Waals surface area (Å²) in [6.07, 6.45) is 1.60. The third kappa shape index (κ3) is 2.05. The Morgan fingerprint density at radius 2 is 2.21 bits per heavy atom. The molecule has 0 amide bonds. The van der Waals surface area contributed by atoms with Crippen LogP contribution in [0.2, 0.25) is 0 Å². The largest absolute Gasteiger partial charge is 0.447 e. The first-order chi connectivity index (χ1) is 9.11. The number of hydrogen-bond acceptors (Lipinski definition) is 6. The molecule has 0 saturated heterocycles. The Morgan fingerprint density at radius 3 is 2.95 bits per heavy atom. The molecule has 0 aliphatic carbocycles. The Kier molecular flexibility index (Phi) is 2.88. The van der Waals surface area contributed by atoms with Crippen LogP contribution in [0.4, 0.5) is 0 Å². The zero-order valence-electron chi connectivity index (χ0n) is 10.1. The minimum absolute atomic E-state index is 0.0825. The molecule has 0 unspecified atom stereocenters. The third-order valence-electron chi connectivity index (χ3n) is 3.04. The van der Waals surface area contributed by atoms with Gasteiger partial charge in [-0.3, -0.25) is 0 Å². The lowest BCUT2D eigenvalue weighted by atomic mass is 10.4. The van der Waals surface area contributed by atoms with Crippen molar-refractivity contribution < 1.29 is 12.8 Å². The van der Waals surface area contributed by atoms with Crippen LogP contribution in [0.15, 0.2) is 28.0 Å². The second-order valence-corrected chi connectivity index (χ2v) is 6.07. The molecule has 0 fully saturated rings. The number of hydrogen-bond donors (Lipinski definition) is 1. The van der Waals surface area contributed by atoms with Gasteiger partial charge in [0.05, 0.1) is 13.1 Å². The molecule has 3 rings (SSSR count). The van der Waals surface area contributed by atoms with Crippen molar-refractivity contribution in [2.75, 3.05) is 6.54 Å². The maximum atomic E-state index is 12.4. The van der Waals surface area contributed by atoms with Crippen molar-refractivity contribution in [2.24, 2.45) is 5.73 Å². The predicted molar refractivity (Wildman–Crippen MR) is 64.2 cm³/mol. The molecular weight excluding hydrogens is 270 g/mol. The van der Waals surface area contributed by atoms with Gasteiger partial charge in [-0.25, -0.2) is 8.42 Å². The number of aromatic nitrogens is 3. The molecule has 1 aliphatic rings. The number of rotatable bonds is 3. The van der Waals surface area contributed by atoms with E-state index in [2.05, 4.69) is 10.2 Å². The normalized spacial score (nSPS) is 16.5. The van der Waals surface area contributed by atoms with Gasteiger partial charge in [-0.2, -0.15) is 4.31 Å². The van der Waals surface area contributed by atoms with Gasteiger partial charge in [0.1, 0.15) is 17.9 Å². The lowest BCUT2D eigenvalue weighted by Gasteiger charge is -2.25. The SMILES string of the molecule is NCc1ccc(S(=O)(=O)N2CCn3cnnc3C2)o1. The molecule has 0 aromatic carbocycles. The smallest absolute Gasteiger partial charge is 0.276 e. The van der Waals surface area contributed by atoms with E-state index in [0.29, 0.717) is 24.7 Å². The molecular formula is C10H13N5O3S. The number of nitrogens with zero attached hydrogens (tertiary/aromatic N) is 4. The molecule has 0 bridgehead atoms. The fourth-order valence-electron chi connectivity index (χ4n) is 1.98. The summed E-state index contributed by atoms with van der Waals surface area (Å²) in [5.74, 6) is 1.07. The molecule has 19 heavy (non-hydrogen) atoms. The van der Waals surface area contributed by atoms with Crippen molar-refractivity contribution in [1.29, 1.82) is 0 Å². The molecule has 2 N–H and O–H groups in total. The Balaban J connectivity index is 1.89. The number of furan rings is 1. The monoisotopic (exact) mass is 283 g/mol. The van der Waals surface area contributed by atoms with Crippen molar-refractivity contribution in [3.8, 4) is 0 Å². The van der Waals surface area contributed by atoms with Crippen molar-refractivity contribution in [1.82, 2.24) is 19.1 Å². The van der Waals surface area contributed by atoms with Crippen LogP contribution in [0.3, 0.4) is 0 Å². The van der Waals surface area contributed by atoms with Crippen molar-refractivity contribution in [3.63, 3.8) is 0 Å². The van der Waals surface area contributed by atoms with E-state index in [4.69, 9.17) is 10.2 Å². The van der Waals surface area contributed by atoms with E-state index in [-0.39, 0.29) is 18.2 Å². The van der Waals surface area contributed by atoms with Crippen molar-refractivity contribution >= 4 is 10.0 Å². The highest BCUT2D eigenvalue weighted by Crippen LogP contribution is 2.22. The molecule has 8 nitrogen and oxygen atoms in total. The Bertz CT molecular complexity index is 690. The quantitative estimate of drug-likeness (QED) is 0.816. The zero-order chi connectivity index (χ0) is 13.5. The first-order valence-electron chi connectivity index (χ1n) is 5.77. The first kappa shape index (κ1) is 12.3. The molecule has 3 heterocycles. The van der Waals surface area contributed by atoms with E-state index in [1.165, 1.54) is 10.4 Å². The Morgan fingerprint density at radius 1 is 1.37 bits per heavy atom. The summed E-state index contributed by atoms with van der Waals surface area (Å²) in [6, 6.07) is 3.00. The molecule has 0 radical (unpaired) electrons. The average Bonchev–Trinajstić information content (AvgIpc) is 3.06. The van der Waals surface area contributed by atoms with Crippen LogP contribution in [-0.2, 0) is 29.7 Å². The van der Waals surface area contributed by atoms with Crippen LogP contribution >= 0.6 is 0 Å². The lowest BCUT2D eigenvalue weighted by Crippen LogP contribution is -2.38. The maximum absolute atomic E-state index is 12.4. The van der Waals surface area contributed by atoms with Crippen LogP contribution in [0, 0.1) is 0 Å². The van der Waals surface area contributed by atoms with Gasteiger partial charge in [-0.05, 0) is 12.1 Å². The number of nitrogens with two attached hydrogens (primary N) is 1. The molecule has 0 spiro atoms. The van der Waals surface area contributed by atoms with Gasteiger partial charge >= 0.3 is 0 Å². The summed E-state index contributed by atoms with van der Waals surface area (Å²) in [5, 5.41) is 7.57. The van der Waals surface area contributed by atoms with E-state index in [1.54, 1.807) is 12.4 Å². The van der Waals surface area contributed by atoms with E-state index >= 15 is 0 Å². The molecule has 102 valence electrons. The van der Waals surface area contributed by atoms with Gasteiger partial charge in [-0.15, -0.1) is 10.2 Å². The minimum atomic E-state index is -3.64. The standard InChI is InChI=1S/C10H13N5O3S/c11-5-8-1-2-10(18-8)19(16,17)15-4-3-14-7-12-13-9(14)6-15/h1-2,7H,3-6,11H2. The van der Waals surface area contributed by atoms with Gasteiger partial charge in [0.25, 0.3) is 10.0 Å². The Labute approximate surface area is 109 Å². The lowest BCUT2D eigenvalue weighted by molar-refractivity contribution is 0.319. The number of fused-ring (bicyclic) bond motifs is 1. The van der Waals surface area contributed by atoms with E-state index in [0.717, 1.165) is 0 Å². The first-order valence-corrected chi connectivity index (χ1v) is 7.21. The van der Waals surface area contributed by atoms with Crippen LogP contribution in [-0.4, -0.2) is 34.0 Å². The summed E-state index contributed by atoms with van der Waals surface area (Å²) < 4.78 is 33.1. The van der Waals surface area contributed by atoms with Gasteiger partial charge in [0.15, 0.2) is 0 Å².